The maximum atomic E-state index is 12.7. The standard InChI is InChI=1S/C25H23N5O2/c26-14-4-16-30(18-20-5-3-15-28-17-20)24(31)13-10-19-8-11-21(12-9-19)25(32)29-23-7-2-1-6-22(23)27/h1-3,5-13,15,17H,4,16,18,27H2,(H,29,32)/b13-10+. The lowest BCUT2D eigenvalue weighted by Gasteiger charge is -2.19. The fourth-order valence-corrected chi connectivity index (χ4v) is 2.99. The van der Waals surface area contributed by atoms with Gasteiger partial charge in [0.25, 0.3) is 5.91 Å². The Morgan fingerprint density at radius 2 is 1.88 bits per heavy atom. The van der Waals surface area contributed by atoms with Crippen LogP contribution in [-0.4, -0.2) is 28.2 Å². The zero-order valence-corrected chi connectivity index (χ0v) is 17.4. The summed E-state index contributed by atoms with van der Waals surface area (Å²) in [5, 5.41) is 11.7. The van der Waals surface area contributed by atoms with Gasteiger partial charge in [0.2, 0.25) is 5.91 Å². The third-order valence-corrected chi connectivity index (χ3v) is 4.70. The smallest absolute Gasteiger partial charge is 0.255 e. The zero-order valence-electron chi connectivity index (χ0n) is 17.4. The van der Waals surface area contributed by atoms with Crippen molar-refractivity contribution in [3.05, 3.63) is 95.8 Å². The van der Waals surface area contributed by atoms with Crippen molar-refractivity contribution in [2.24, 2.45) is 0 Å². The molecular weight excluding hydrogens is 402 g/mol. The van der Waals surface area contributed by atoms with Gasteiger partial charge in [-0.05, 0) is 47.5 Å². The van der Waals surface area contributed by atoms with Gasteiger partial charge >= 0.3 is 0 Å². The molecule has 0 saturated heterocycles. The normalized spacial score (nSPS) is 10.5. The van der Waals surface area contributed by atoms with Crippen LogP contribution in [0.2, 0.25) is 0 Å². The second-order valence-corrected chi connectivity index (χ2v) is 7.03. The van der Waals surface area contributed by atoms with E-state index in [0.717, 1.165) is 11.1 Å². The number of hydrogen-bond donors (Lipinski definition) is 2. The Hall–Kier alpha value is -4.44. The second-order valence-electron chi connectivity index (χ2n) is 7.03. The number of nitrogens with two attached hydrogens (primary N) is 1. The highest BCUT2D eigenvalue weighted by atomic mass is 16.2. The molecule has 0 fully saturated rings. The Kier molecular flexibility index (Phi) is 7.71. The zero-order chi connectivity index (χ0) is 22.8. The van der Waals surface area contributed by atoms with Gasteiger partial charge in [-0.15, -0.1) is 0 Å². The predicted octanol–water partition coefficient (Wildman–Crippen LogP) is 3.87. The van der Waals surface area contributed by atoms with Crippen LogP contribution in [0.5, 0.6) is 0 Å². The minimum atomic E-state index is -0.270. The third kappa shape index (κ3) is 6.28. The molecule has 0 radical (unpaired) electrons. The van der Waals surface area contributed by atoms with Crippen molar-refractivity contribution in [1.82, 2.24) is 9.88 Å². The second kappa shape index (κ2) is 11.1. The number of anilines is 2. The highest BCUT2D eigenvalue weighted by Crippen LogP contribution is 2.18. The lowest BCUT2D eigenvalue weighted by atomic mass is 10.1. The Morgan fingerprint density at radius 1 is 1.09 bits per heavy atom. The van der Waals surface area contributed by atoms with Crippen molar-refractivity contribution < 1.29 is 9.59 Å². The molecule has 7 heteroatoms. The number of aromatic nitrogens is 1. The Balaban J connectivity index is 1.64. The summed E-state index contributed by atoms with van der Waals surface area (Å²) in [6, 6.07) is 19.7. The van der Waals surface area contributed by atoms with E-state index in [2.05, 4.69) is 16.4 Å². The van der Waals surface area contributed by atoms with Gasteiger partial charge in [0.15, 0.2) is 0 Å². The number of carbonyl (C=O) groups is 2. The molecule has 3 N–H and O–H groups in total. The summed E-state index contributed by atoms with van der Waals surface area (Å²) < 4.78 is 0. The largest absolute Gasteiger partial charge is 0.397 e. The minimum Gasteiger partial charge on any atom is -0.397 e. The number of amides is 2. The van der Waals surface area contributed by atoms with Gasteiger partial charge in [-0.1, -0.05) is 30.3 Å². The van der Waals surface area contributed by atoms with Crippen molar-refractivity contribution in [2.45, 2.75) is 13.0 Å². The van der Waals surface area contributed by atoms with Crippen molar-refractivity contribution in [2.75, 3.05) is 17.6 Å². The molecule has 7 nitrogen and oxygen atoms in total. The SMILES string of the molecule is N#CCCN(Cc1cccnc1)C(=O)/C=C/c1ccc(C(=O)Nc2ccccc2N)cc1. The number of hydrogen-bond acceptors (Lipinski definition) is 5. The van der Waals surface area contributed by atoms with E-state index in [1.165, 1.54) is 6.08 Å². The van der Waals surface area contributed by atoms with Gasteiger partial charge in [-0.25, -0.2) is 0 Å². The number of carbonyl (C=O) groups excluding carboxylic acids is 2. The number of nitriles is 1. The van der Waals surface area contributed by atoms with E-state index >= 15 is 0 Å². The fourth-order valence-electron chi connectivity index (χ4n) is 2.99. The van der Waals surface area contributed by atoms with E-state index in [1.807, 2.05) is 12.1 Å². The monoisotopic (exact) mass is 425 g/mol. The fraction of sp³-hybridized carbons (Fsp3) is 0.120. The number of para-hydroxylation sites is 2. The van der Waals surface area contributed by atoms with Gasteiger partial charge in [-0.3, -0.25) is 14.6 Å². The molecule has 32 heavy (non-hydrogen) atoms. The predicted molar refractivity (Wildman–Crippen MR) is 124 cm³/mol. The van der Waals surface area contributed by atoms with E-state index < -0.39 is 0 Å². The topological polar surface area (TPSA) is 112 Å². The molecule has 1 heterocycles. The van der Waals surface area contributed by atoms with Crippen LogP contribution in [0.3, 0.4) is 0 Å². The average molecular weight is 425 g/mol. The summed E-state index contributed by atoms with van der Waals surface area (Å²) >= 11 is 0. The first-order valence-electron chi connectivity index (χ1n) is 10.1. The maximum absolute atomic E-state index is 12.7. The summed E-state index contributed by atoms with van der Waals surface area (Å²) in [6.45, 7) is 0.705. The molecule has 0 aliphatic rings. The number of nitrogens with zero attached hydrogens (tertiary/aromatic N) is 3. The lowest BCUT2D eigenvalue weighted by molar-refractivity contribution is -0.126. The van der Waals surface area contributed by atoms with Crippen molar-refractivity contribution in [3.63, 3.8) is 0 Å². The Labute approximate surface area is 186 Å². The van der Waals surface area contributed by atoms with Crippen LogP contribution >= 0.6 is 0 Å². The molecule has 0 atom stereocenters. The Bertz CT molecular complexity index is 1130. The lowest BCUT2D eigenvalue weighted by Crippen LogP contribution is -2.29. The summed E-state index contributed by atoms with van der Waals surface area (Å²) in [7, 11) is 0. The maximum Gasteiger partial charge on any atom is 0.255 e. The van der Waals surface area contributed by atoms with Crippen LogP contribution in [0.1, 0.15) is 27.9 Å². The number of nitrogen functional groups attached to an aromatic ring is 1. The van der Waals surface area contributed by atoms with Crippen LogP contribution < -0.4 is 11.1 Å². The molecule has 1 aromatic heterocycles. The summed E-state index contributed by atoms with van der Waals surface area (Å²) in [5.41, 5.74) is 9.05. The molecule has 0 aliphatic heterocycles. The van der Waals surface area contributed by atoms with E-state index in [4.69, 9.17) is 11.0 Å². The van der Waals surface area contributed by atoms with E-state index in [-0.39, 0.29) is 18.2 Å². The summed E-state index contributed by atoms with van der Waals surface area (Å²) in [5.74, 6) is -0.473. The van der Waals surface area contributed by atoms with Gasteiger partial charge in [-0.2, -0.15) is 5.26 Å². The van der Waals surface area contributed by atoms with Crippen molar-refractivity contribution in [3.8, 4) is 6.07 Å². The van der Waals surface area contributed by atoms with Crippen molar-refractivity contribution >= 4 is 29.3 Å². The van der Waals surface area contributed by atoms with E-state index in [1.54, 1.807) is 71.9 Å². The molecule has 2 aromatic carbocycles. The number of pyridine rings is 1. The first-order valence-corrected chi connectivity index (χ1v) is 10.1. The van der Waals surface area contributed by atoms with E-state index in [9.17, 15) is 9.59 Å². The number of nitrogens with one attached hydrogen (secondary N) is 1. The molecule has 160 valence electrons. The molecule has 0 spiro atoms. The van der Waals surface area contributed by atoms with Crippen LogP contribution in [0.25, 0.3) is 6.08 Å². The highest BCUT2D eigenvalue weighted by Gasteiger charge is 2.12. The molecule has 3 rings (SSSR count). The molecular formula is C25H23N5O2. The number of benzene rings is 2. The summed E-state index contributed by atoms with van der Waals surface area (Å²) in [6.07, 6.45) is 6.76. The Morgan fingerprint density at radius 3 is 2.56 bits per heavy atom. The average Bonchev–Trinajstić information content (AvgIpc) is 2.82. The molecule has 0 saturated carbocycles. The third-order valence-electron chi connectivity index (χ3n) is 4.70. The molecule has 0 aliphatic carbocycles. The van der Waals surface area contributed by atoms with Crippen LogP contribution in [0, 0.1) is 11.3 Å². The van der Waals surface area contributed by atoms with Crippen LogP contribution in [0.4, 0.5) is 11.4 Å². The first kappa shape index (κ1) is 22.2. The highest BCUT2D eigenvalue weighted by molar-refractivity contribution is 6.05. The van der Waals surface area contributed by atoms with Crippen molar-refractivity contribution in [1.29, 1.82) is 5.26 Å². The molecule has 0 bridgehead atoms. The quantitative estimate of drug-likeness (QED) is 0.420. The van der Waals surface area contributed by atoms with Gasteiger partial charge in [0.05, 0.1) is 23.9 Å². The van der Waals surface area contributed by atoms with Crippen LogP contribution in [-0.2, 0) is 11.3 Å². The van der Waals surface area contributed by atoms with Gasteiger partial charge in [0, 0.05) is 37.1 Å². The molecule has 2 amide bonds. The van der Waals surface area contributed by atoms with Crippen LogP contribution in [0.15, 0.2) is 79.1 Å². The first-order chi connectivity index (χ1) is 15.6. The van der Waals surface area contributed by atoms with Gasteiger partial charge in [0.1, 0.15) is 0 Å². The molecule has 0 unspecified atom stereocenters. The summed E-state index contributed by atoms with van der Waals surface area (Å²) in [4.78, 5) is 30.8. The number of rotatable bonds is 8. The minimum absolute atomic E-state index is 0.203. The molecule has 3 aromatic rings. The van der Waals surface area contributed by atoms with E-state index in [0.29, 0.717) is 30.0 Å². The van der Waals surface area contributed by atoms with Gasteiger partial charge < -0.3 is 16.0 Å².